The molecule has 0 atom stereocenters. The predicted octanol–water partition coefficient (Wildman–Crippen LogP) is 2.38. The highest BCUT2D eigenvalue weighted by Gasteiger charge is 2.05. The lowest BCUT2D eigenvalue weighted by Crippen LogP contribution is -2.14. The smallest absolute Gasteiger partial charge is 0.228 e. The van der Waals surface area contributed by atoms with E-state index in [0.29, 0.717) is 17.0 Å². The molecule has 0 spiro atoms. The summed E-state index contributed by atoms with van der Waals surface area (Å²) in [5.74, 6) is 0.0440. The first-order valence-corrected chi connectivity index (χ1v) is 6.55. The molecule has 0 saturated heterocycles. The summed E-state index contributed by atoms with van der Waals surface area (Å²) in [7, 11) is 0. The van der Waals surface area contributed by atoms with Crippen LogP contribution in [0.4, 0.5) is 10.1 Å². The van der Waals surface area contributed by atoms with E-state index in [4.69, 9.17) is 9.84 Å². The van der Waals surface area contributed by atoms with Crippen molar-refractivity contribution in [3.63, 3.8) is 0 Å². The first kappa shape index (κ1) is 15.0. The van der Waals surface area contributed by atoms with E-state index in [1.165, 1.54) is 12.1 Å². The number of hydrogen-bond donors (Lipinski definition) is 2. The van der Waals surface area contributed by atoms with Crippen LogP contribution in [-0.4, -0.2) is 24.2 Å². The van der Waals surface area contributed by atoms with Gasteiger partial charge in [0.2, 0.25) is 5.91 Å². The molecule has 21 heavy (non-hydrogen) atoms. The van der Waals surface area contributed by atoms with E-state index in [9.17, 15) is 9.18 Å². The number of halogens is 1. The van der Waals surface area contributed by atoms with Gasteiger partial charge in [0.1, 0.15) is 18.2 Å². The molecule has 0 fully saturated rings. The molecule has 2 rings (SSSR count). The summed E-state index contributed by atoms with van der Waals surface area (Å²) in [6.07, 6.45) is 0.112. The lowest BCUT2D eigenvalue weighted by atomic mass is 10.1. The van der Waals surface area contributed by atoms with Gasteiger partial charge in [-0.25, -0.2) is 4.39 Å². The fourth-order valence-electron chi connectivity index (χ4n) is 1.84. The second kappa shape index (κ2) is 7.40. The Bertz CT molecular complexity index is 599. The summed E-state index contributed by atoms with van der Waals surface area (Å²) in [5, 5.41) is 11.4. The Labute approximate surface area is 122 Å². The zero-order valence-corrected chi connectivity index (χ0v) is 11.4. The van der Waals surface area contributed by atoms with Crippen LogP contribution in [0.3, 0.4) is 0 Å². The third-order valence-electron chi connectivity index (χ3n) is 2.75. The highest BCUT2D eigenvalue weighted by atomic mass is 19.1. The van der Waals surface area contributed by atoms with Crippen molar-refractivity contribution in [1.29, 1.82) is 0 Å². The fourth-order valence-corrected chi connectivity index (χ4v) is 1.84. The number of carbonyl (C=O) groups is 1. The van der Waals surface area contributed by atoms with Crippen molar-refractivity contribution in [2.45, 2.75) is 6.42 Å². The molecule has 2 N–H and O–H groups in total. The molecule has 1 amide bonds. The monoisotopic (exact) mass is 289 g/mol. The molecule has 0 aliphatic heterocycles. The number of nitrogens with one attached hydrogen (secondary N) is 1. The minimum atomic E-state index is -0.356. The summed E-state index contributed by atoms with van der Waals surface area (Å²) >= 11 is 0. The SMILES string of the molecule is O=C(Cc1cccc(F)c1)Nc1ccc(OCCO)cc1. The van der Waals surface area contributed by atoms with Gasteiger partial charge in [-0.1, -0.05) is 12.1 Å². The molecule has 0 heterocycles. The summed E-state index contributed by atoms with van der Waals surface area (Å²) < 4.78 is 18.2. The summed E-state index contributed by atoms with van der Waals surface area (Å²) in [6, 6.07) is 12.8. The lowest BCUT2D eigenvalue weighted by Gasteiger charge is -2.07. The van der Waals surface area contributed by atoms with Crippen LogP contribution in [0.15, 0.2) is 48.5 Å². The lowest BCUT2D eigenvalue weighted by molar-refractivity contribution is -0.115. The van der Waals surface area contributed by atoms with Crippen molar-refractivity contribution < 1.29 is 19.0 Å². The first-order chi connectivity index (χ1) is 10.2. The van der Waals surface area contributed by atoms with Gasteiger partial charge in [-0.3, -0.25) is 4.79 Å². The van der Waals surface area contributed by atoms with Crippen molar-refractivity contribution in [2.24, 2.45) is 0 Å². The minimum absolute atomic E-state index is 0.0495. The molecule has 0 saturated carbocycles. The van der Waals surface area contributed by atoms with Gasteiger partial charge < -0.3 is 15.2 Å². The molecule has 5 heteroatoms. The molecule has 0 aliphatic carbocycles. The van der Waals surface area contributed by atoms with Crippen LogP contribution in [0.25, 0.3) is 0 Å². The second-order valence-electron chi connectivity index (χ2n) is 4.45. The Morgan fingerprint density at radius 2 is 1.95 bits per heavy atom. The van der Waals surface area contributed by atoms with Gasteiger partial charge in [-0.15, -0.1) is 0 Å². The van der Waals surface area contributed by atoms with E-state index >= 15 is 0 Å². The van der Waals surface area contributed by atoms with Gasteiger partial charge in [0, 0.05) is 5.69 Å². The summed E-state index contributed by atoms with van der Waals surface area (Å²) in [5.41, 5.74) is 1.25. The Hall–Kier alpha value is -2.40. The van der Waals surface area contributed by atoms with Crippen molar-refractivity contribution >= 4 is 11.6 Å². The first-order valence-electron chi connectivity index (χ1n) is 6.55. The van der Waals surface area contributed by atoms with E-state index in [-0.39, 0.29) is 31.4 Å². The zero-order chi connectivity index (χ0) is 15.1. The highest BCUT2D eigenvalue weighted by Crippen LogP contribution is 2.16. The zero-order valence-electron chi connectivity index (χ0n) is 11.4. The maximum absolute atomic E-state index is 13.0. The number of anilines is 1. The predicted molar refractivity (Wildman–Crippen MR) is 77.8 cm³/mol. The van der Waals surface area contributed by atoms with Crippen LogP contribution in [0, 0.1) is 5.82 Å². The quantitative estimate of drug-likeness (QED) is 0.858. The van der Waals surface area contributed by atoms with E-state index in [2.05, 4.69) is 5.32 Å². The number of carbonyl (C=O) groups excluding carboxylic acids is 1. The van der Waals surface area contributed by atoms with Gasteiger partial charge in [-0.2, -0.15) is 0 Å². The molecule has 0 aromatic heterocycles. The minimum Gasteiger partial charge on any atom is -0.491 e. The molecule has 0 bridgehead atoms. The van der Waals surface area contributed by atoms with Crippen LogP contribution in [0.5, 0.6) is 5.75 Å². The van der Waals surface area contributed by atoms with Crippen LogP contribution in [-0.2, 0) is 11.2 Å². The Morgan fingerprint density at radius 1 is 1.19 bits per heavy atom. The molecule has 0 unspecified atom stereocenters. The van der Waals surface area contributed by atoms with Crippen LogP contribution in [0.2, 0.25) is 0 Å². The molecular weight excluding hydrogens is 273 g/mol. The van der Waals surface area contributed by atoms with Gasteiger partial charge in [0.15, 0.2) is 0 Å². The van der Waals surface area contributed by atoms with Crippen LogP contribution in [0.1, 0.15) is 5.56 Å². The topological polar surface area (TPSA) is 58.6 Å². The van der Waals surface area contributed by atoms with Gasteiger partial charge in [0.05, 0.1) is 13.0 Å². The standard InChI is InChI=1S/C16H16FNO3/c17-13-3-1-2-12(10-13)11-16(20)18-14-4-6-15(7-5-14)21-9-8-19/h1-7,10,19H,8-9,11H2,(H,18,20). The number of aliphatic hydroxyl groups excluding tert-OH is 1. The fraction of sp³-hybridized carbons (Fsp3) is 0.188. The number of rotatable bonds is 6. The third-order valence-corrected chi connectivity index (χ3v) is 2.75. The molecule has 0 aliphatic rings. The van der Waals surface area contributed by atoms with Crippen molar-refractivity contribution in [3.8, 4) is 5.75 Å². The summed E-state index contributed by atoms with van der Waals surface area (Å²) in [6.45, 7) is 0.178. The molecule has 2 aromatic rings. The second-order valence-corrected chi connectivity index (χ2v) is 4.45. The van der Waals surface area contributed by atoms with E-state index in [1.807, 2.05) is 0 Å². The number of benzene rings is 2. The average Bonchev–Trinajstić information content (AvgIpc) is 2.46. The van der Waals surface area contributed by atoms with E-state index in [0.717, 1.165) is 0 Å². The average molecular weight is 289 g/mol. The molecular formula is C16H16FNO3. The van der Waals surface area contributed by atoms with Crippen molar-refractivity contribution in [2.75, 3.05) is 18.5 Å². The molecule has 2 aromatic carbocycles. The Kier molecular flexibility index (Phi) is 5.29. The van der Waals surface area contributed by atoms with Crippen LogP contribution >= 0.6 is 0 Å². The Morgan fingerprint density at radius 3 is 2.62 bits per heavy atom. The van der Waals surface area contributed by atoms with E-state index < -0.39 is 0 Å². The van der Waals surface area contributed by atoms with Crippen LogP contribution < -0.4 is 10.1 Å². The van der Waals surface area contributed by atoms with Crippen molar-refractivity contribution in [1.82, 2.24) is 0 Å². The largest absolute Gasteiger partial charge is 0.491 e. The van der Waals surface area contributed by atoms with Gasteiger partial charge in [0.25, 0.3) is 0 Å². The molecule has 4 nitrogen and oxygen atoms in total. The molecule has 110 valence electrons. The number of amides is 1. The van der Waals surface area contributed by atoms with E-state index in [1.54, 1.807) is 36.4 Å². The highest BCUT2D eigenvalue weighted by molar-refractivity contribution is 5.92. The molecule has 0 radical (unpaired) electrons. The number of ether oxygens (including phenoxy) is 1. The van der Waals surface area contributed by atoms with Crippen molar-refractivity contribution in [3.05, 3.63) is 59.9 Å². The third kappa shape index (κ3) is 4.89. The van der Waals surface area contributed by atoms with Gasteiger partial charge in [-0.05, 0) is 42.0 Å². The van der Waals surface area contributed by atoms with Gasteiger partial charge >= 0.3 is 0 Å². The maximum atomic E-state index is 13.0. The number of aliphatic hydroxyl groups is 1. The normalized spacial score (nSPS) is 10.2. The maximum Gasteiger partial charge on any atom is 0.228 e. The number of hydrogen-bond acceptors (Lipinski definition) is 3. The Balaban J connectivity index is 1.90. The summed E-state index contributed by atoms with van der Waals surface area (Å²) in [4.78, 5) is 11.9.